The van der Waals surface area contributed by atoms with E-state index in [1.807, 2.05) is 16.2 Å². The molecular formula is C18H20N6S. The smallest absolute Gasteiger partial charge is 0.212 e. The average molecular weight is 352 g/mol. The van der Waals surface area contributed by atoms with Crippen molar-refractivity contribution in [2.45, 2.75) is 25.7 Å². The Bertz CT molecular complexity index is 1030. The number of fused-ring (bicyclic) bond motifs is 2. The van der Waals surface area contributed by atoms with Gasteiger partial charge in [-0.1, -0.05) is 11.3 Å². The molecule has 0 bridgehead atoms. The summed E-state index contributed by atoms with van der Waals surface area (Å²) in [5.74, 6) is 0.563. The number of rotatable bonds is 2. The number of aromatic nitrogens is 5. The molecule has 0 saturated carbocycles. The van der Waals surface area contributed by atoms with Gasteiger partial charge in [-0.05, 0) is 50.6 Å². The highest BCUT2D eigenvalue weighted by Crippen LogP contribution is 2.32. The molecule has 4 heterocycles. The fraction of sp³-hybridized carbons (Fsp3) is 0.389. The Labute approximate surface area is 149 Å². The Morgan fingerprint density at radius 2 is 2.00 bits per heavy atom. The Balaban J connectivity index is 1.53. The zero-order chi connectivity index (χ0) is 17.0. The van der Waals surface area contributed by atoms with E-state index in [2.05, 4.69) is 41.9 Å². The predicted molar refractivity (Wildman–Crippen MR) is 100 cm³/mol. The number of benzene rings is 1. The third-order valence-electron chi connectivity index (χ3n) is 4.98. The standard InChI is InChI=1S/C18H20N6S/c1-11-7-13(8-14-9-23(2)21-16(11)14)17-22-24-10-15(20-18(24)25-17)12-3-5-19-6-4-12/h7-10,12,19H,3-6H2,1-2H3. The summed E-state index contributed by atoms with van der Waals surface area (Å²) in [6.07, 6.45) is 6.49. The molecule has 1 saturated heterocycles. The zero-order valence-electron chi connectivity index (χ0n) is 14.4. The van der Waals surface area contributed by atoms with E-state index in [-0.39, 0.29) is 0 Å². The van der Waals surface area contributed by atoms with Gasteiger partial charge < -0.3 is 5.32 Å². The van der Waals surface area contributed by atoms with Crippen LogP contribution in [0.15, 0.2) is 24.5 Å². The van der Waals surface area contributed by atoms with Gasteiger partial charge >= 0.3 is 0 Å². The highest BCUT2D eigenvalue weighted by atomic mass is 32.1. The number of hydrogen-bond donors (Lipinski definition) is 1. The number of piperidine rings is 1. The van der Waals surface area contributed by atoms with Crippen LogP contribution in [0.25, 0.3) is 26.4 Å². The molecule has 1 fully saturated rings. The first-order valence-electron chi connectivity index (χ1n) is 8.68. The molecule has 25 heavy (non-hydrogen) atoms. The van der Waals surface area contributed by atoms with E-state index in [1.165, 1.54) is 11.3 Å². The fourth-order valence-electron chi connectivity index (χ4n) is 3.70. The molecule has 0 radical (unpaired) electrons. The van der Waals surface area contributed by atoms with Gasteiger partial charge in [0.05, 0.1) is 17.4 Å². The maximum absolute atomic E-state index is 4.85. The Morgan fingerprint density at radius 1 is 1.16 bits per heavy atom. The summed E-state index contributed by atoms with van der Waals surface area (Å²) in [7, 11) is 1.96. The van der Waals surface area contributed by atoms with Crippen LogP contribution in [0.2, 0.25) is 0 Å². The van der Waals surface area contributed by atoms with Crippen molar-refractivity contribution >= 4 is 27.2 Å². The SMILES string of the molecule is Cc1cc(-c2nn3cc(C4CCNCC4)nc3s2)cc2cn(C)nc12. The highest BCUT2D eigenvalue weighted by Gasteiger charge is 2.20. The van der Waals surface area contributed by atoms with Gasteiger partial charge in [-0.15, -0.1) is 0 Å². The summed E-state index contributed by atoms with van der Waals surface area (Å²) in [6.45, 7) is 4.27. The van der Waals surface area contributed by atoms with Gasteiger partial charge in [0.2, 0.25) is 4.96 Å². The van der Waals surface area contributed by atoms with Crippen molar-refractivity contribution in [1.82, 2.24) is 29.7 Å². The van der Waals surface area contributed by atoms with Crippen LogP contribution in [0.1, 0.15) is 30.0 Å². The fourth-order valence-corrected chi connectivity index (χ4v) is 4.58. The minimum absolute atomic E-state index is 0.563. The van der Waals surface area contributed by atoms with Crippen LogP contribution < -0.4 is 5.32 Å². The Kier molecular flexibility index (Phi) is 3.39. The molecule has 4 aromatic rings. The van der Waals surface area contributed by atoms with Crippen LogP contribution in [0, 0.1) is 6.92 Å². The van der Waals surface area contributed by atoms with Crippen LogP contribution in [-0.4, -0.2) is 37.5 Å². The number of nitrogens with zero attached hydrogens (tertiary/aromatic N) is 5. The summed E-state index contributed by atoms with van der Waals surface area (Å²) in [4.78, 5) is 5.83. The summed E-state index contributed by atoms with van der Waals surface area (Å²) >= 11 is 1.66. The van der Waals surface area contributed by atoms with Crippen molar-refractivity contribution in [2.75, 3.05) is 13.1 Å². The summed E-state index contributed by atoms with van der Waals surface area (Å²) < 4.78 is 3.81. The second-order valence-corrected chi connectivity index (χ2v) is 7.81. The number of imidazole rings is 1. The van der Waals surface area contributed by atoms with Gasteiger partial charge in [-0.25, -0.2) is 9.50 Å². The molecule has 0 spiro atoms. The summed E-state index contributed by atoms with van der Waals surface area (Å²) in [5.41, 5.74) is 4.56. The molecule has 5 rings (SSSR count). The quantitative estimate of drug-likeness (QED) is 0.602. The Morgan fingerprint density at radius 3 is 2.80 bits per heavy atom. The minimum atomic E-state index is 0.563. The summed E-state index contributed by atoms with van der Waals surface area (Å²) in [6, 6.07) is 4.34. The monoisotopic (exact) mass is 352 g/mol. The third-order valence-corrected chi connectivity index (χ3v) is 5.95. The maximum atomic E-state index is 4.85. The predicted octanol–water partition coefficient (Wildman–Crippen LogP) is 3.12. The molecule has 1 N–H and O–H groups in total. The number of hydrogen-bond acceptors (Lipinski definition) is 5. The third kappa shape index (κ3) is 2.54. The molecule has 0 amide bonds. The lowest BCUT2D eigenvalue weighted by molar-refractivity contribution is 0.454. The lowest BCUT2D eigenvalue weighted by atomic mass is 9.95. The van der Waals surface area contributed by atoms with Crippen molar-refractivity contribution in [3.05, 3.63) is 35.8 Å². The van der Waals surface area contributed by atoms with Crippen molar-refractivity contribution in [2.24, 2.45) is 7.05 Å². The molecule has 1 aromatic carbocycles. The van der Waals surface area contributed by atoms with E-state index >= 15 is 0 Å². The van der Waals surface area contributed by atoms with Gasteiger partial charge in [0.25, 0.3) is 0 Å². The molecule has 0 unspecified atom stereocenters. The second-order valence-electron chi connectivity index (χ2n) is 6.86. The van der Waals surface area contributed by atoms with Gasteiger partial charge in [-0.3, -0.25) is 4.68 Å². The van der Waals surface area contributed by atoms with E-state index < -0.39 is 0 Å². The van der Waals surface area contributed by atoms with Crippen molar-refractivity contribution in [3.8, 4) is 10.6 Å². The first kappa shape index (κ1) is 15.0. The highest BCUT2D eigenvalue weighted by molar-refractivity contribution is 7.19. The molecular weight excluding hydrogens is 332 g/mol. The molecule has 0 aliphatic carbocycles. The summed E-state index contributed by atoms with van der Waals surface area (Å²) in [5, 5.41) is 14.9. The van der Waals surface area contributed by atoms with E-state index in [1.54, 1.807) is 11.3 Å². The first-order valence-corrected chi connectivity index (χ1v) is 9.50. The minimum Gasteiger partial charge on any atom is -0.317 e. The number of nitrogens with one attached hydrogen (secondary N) is 1. The topological polar surface area (TPSA) is 60.0 Å². The molecule has 1 aliphatic heterocycles. The normalized spacial score (nSPS) is 16.2. The largest absolute Gasteiger partial charge is 0.317 e. The lowest BCUT2D eigenvalue weighted by Gasteiger charge is -2.20. The molecule has 7 heteroatoms. The van der Waals surface area contributed by atoms with E-state index in [0.29, 0.717) is 5.92 Å². The van der Waals surface area contributed by atoms with Gasteiger partial charge in [0.15, 0.2) is 0 Å². The molecule has 0 atom stereocenters. The van der Waals surface area contributed by atoms with Gasteiger partial charge in [0.1, 0.15) is 5.01 Å². The van der Waals surface area contributed by atoms with Crippen molar-refractivity contribution < 1.29 is 0 Å². The first-order chi connectivity index (χ1) is 12.2. The zero-order valence-corrected chi connectivity index (χ0v) is 15.2. The van der Waals surface area contributed by atoms with Gasteiger partial charge in [0, 0.05) is 30.1 Å². The molecule has 6 nitrogen and oxygen atoms in total. The maximum Gasteiger partial charge on any atom is 0.212 e. The van der Waals surface area contributed by atoms with E-state index in [4.69, 9.17) is 10.1 Å². The van der Waals surface area contributed by atoms with Crippen molar-refractivity contribution in [3.63, 3.8) is 0 Å². The Hall–Kier alpha value is -2.25. The van der Waals surface area contributed by atoms with Crippen LogP contribution in [0.3, 0.4) is 0 Å². The second kappa shape index (κ2) is 5.64. The molecule has 128 valence electrons. The van der Waals surface area contributed by atoms with Gasteiger partial charge in [-0.2, -0.15) is 10.2 Å². The van der Waals surface area contributed by atoms with Crippen LogP contribution in [0.4, 0.5) is 0 Å². The van der Waals surface area contributed by atoms with E-state index in [0.717, 1.165) is 52.4 Å². The molecule has 3 aromatic heterocycles. The average Bonchev–Trinajstić information content (AvgIpc) is 3.27. The number of aryl methyl sites for hydroxylation is 2. The van der Waals surface area contributed by atoms with Crippen molar-refractivity contribution in [1.29, 1.82) is 0 Å². The lowest BCUT2D eigenvalue weighted by Crippen LogP contribution is -2.26. The van der Waals surface area contributed by atoms with Crippen LogP contribution in [-0.2, 0) is 7.05 Å². The van der Waals surface area contributed by atoms with E-state index in [9.17, 15) is 0 Å². The van der Waals surface area contributed by atoms with Crippen LogP contribution in [0.5, 0.6) is 0 Å². The van der Waals surface area contributed by atoms with Crippen LogP contribution >= 0.6 is 11.3 Å². The molecule has 1 aliphatic rings.